The van der Waals surface area contributed by atoms with E-state index in [9.17, 15) is 9.59 Å². The summed E-state index contributed by atoms with van der Waals surface area (Å²) in [6.45, 7) is 4.62. The van der Waals surface area contributed by atoms with Gasteiger partial charge in [-0.1, -0.05) is 30.3 Å². The number of primary amides is 1. The van der Waals surface area contributed by atoms with Crippen LogP contribution in [0, 0.1) is 5.41 Å². The van der Waals surface area contributed by atoms with Crippen molar-refractivity contribution in [2.75, 3.05) is 26.2 Å². The molecule has 0 unspecified atom stereocenters. The van der Waals surface area contributed by atoms with Crippen LogP contribution in [0.15, 0.2) is 30.3 Å². The number of likely N-dealkylation sites (tertiary alicyclic amines) is 2. The molecule has 2 fully saturated rings. The van der Waals surface area contributed by atoms with Crippen molar-refractivity contribution >= 4 is 11.8 Å². The van der Waals surface area contributed by atoms with Gasteiger partial charge in [0.05, 0.1) is 0 Å². The first-order chi connectivity index (χ1) is 12.1. The van der Waals surface area contributed by atoms with E-state index < -0.39 is 0 Å². The lowest BCUT2D eigenvalue weighted by molar-refractivity contribution is -0.140. The van der Waals surface area contributed by atoms with Crippen molar-refractivity contribution in [3.8, 4) is 0 Å². The average molecular weight is 343 g/mol. The summed E-state index contributed by atoms with van der Waals surface area (Å²) >= 11 is 0. The lowest BCUT2D eigenvalue weighted by Crippen LogP contribution is -2.53. The first-order valence-corrected chi connectivity index (χ1v) is 9.39. The zero-order valence-corrected chi connectivity index (χ0v) is 15.0. The number of carbonyl (C=O) groups excluding carboxylic acids is 2. The maximum Gasteiger partial charge on any atom is 0.222 e. The first-order valence-electron chi connectivity index (χ1n) is 9.39. The number of hydrogen-bond donors (Lipinski definition) is 1. The van der Waals surface area contributed by atoms with Crippen LogP contribution in [0.5, 0.6) is 0 Å². The number of piperidine rings is 2. The van der Waals surface area contributed by atoms with Crippen molar-refractivity contribution in [2.24, 2.45) is 11.1 Å². The summed E-state index contributed by atoms with van der Waals surface area (Å²) in [5.41, 5.74) is 6.66. The molecule has 0 radical (unpaired) electrons. The maximum absolute atomic E-state index is 12.4. The van der Waals surface area contributed by atoms with Gasteiger partial charge in [-0.15, -0.1) is 0 Å². The Bertz CT molecular complexity index is 604. The van der Waals surface area contributed by atoms with Gasteiger partial charge in [0.2, 0.25) is 11.8 Å². The summed E-state index contributed by atoms with van der Waals surface area (Å²) in [5, 5.41) is 0. The summed E-state index contributed by atoms with van der Waals surface area (Å²) in [5.74, 6) is 0.0596. The molecule has 1 aromatic rings. The van der Waals surface area contributed by atoms with Crippen molar-refractivity contribution in [2.45, 2.75) is 45.1 Å². The maximum atomic E-state index is 12.4. The van der Waals surface area contributed by atoms with Gasteiger partial charge in [0.25, 0.3) is 0 Å². The summed E-state index contributed by atoms with van der Waals surface area (Å²) in [4.78, 5) is 27.9. The summed E-state index contributed by atoms with van der Waals surface area (Å²) in [7, 11) is 0. The molecule has 5 heteroatoms. The minimum absolute atomic E-state index is 0.216. The van der Waals surface area contributed by atoms with E-state index in [1.165, 1.54) is 18.4 Å². The molecule has 2 aliphatic rings. The number of carbonyl (C=O) groups is 2. The highest BCUT2D eigenvalue weighted by atomic mass is 16.2. The van der Waals surface area contributed by atoms with Crippen LogP contribution in [0.1, 0.15) is 44.1 Å². The Morgan fingerprint density at radius 1 is 1.16 bits per heavy atom. The van der Waals surface area contributed by atoms with E-state index in [1.54, 1.807) is 0 Å². The Morgan fingerprint density at radius 3 is 2.72 bits per heavy atom. The van der Waals surface area contributed by atoms with E-state index in [4.69, 9.17) is 5.73 Å². The first kappa shape index (κ1) is 17.9. The van der Waals surface area contributed by atoms with E-state index >= 15 is 0 Å². The van der Waals surface area contributed by atoms with Crippen LogP contribution in [0.2, 0.25) is 0 Å². The van der Waals surface area contributed by atoms with Gasteiger partial charge < -0.3 is 15.5 Å². The smallest absolute Gasteiger partial charge is 0.222 e. The van der Waals surface area contributed by atoms with Crippen molar-refractivity contribution in [3.63, 3.8) is 0 Å². The third-order valence-electron chi connectivity index (χ3n) is 5.60. The fourth-order valence-electron chi connectivity index (χ4n) is 4.36. The second-order valence-corrected chi connectivity index (χ2v) is 7.68. The molecular weight excluding hydrogens is 314 g/mol. The lowest BCUT2D eigenvalue weighted by atomic mass is 9.73. The zero-order valence-electron chi connectivity index (χ0n) is 15.0. The molecule has 2 amide bonds. The largest absolute Gasteiger partial charge is 0.370 e. The predicted octanol–water partition coefficient (Wildman–Crippen LogP) is 2.16. The lowest BCUT2D eigenvalue weighted by Gasteiger charge is -2.48. The Morgan fingerprint density at radius 2 is 1.96 bits per heavy atom. The SMILES string of the molecule is NC(=O)CCCN1CCC[C@@]2(CCC(=O)N(Cc3ccccc3)C2)C1. The average Bonchev–Trinajstić information content (AvgIpc) is 2.59. The Kier molecular flexibility index (Phi) is 5.74. The van der Waals surface area contributed by atoms with Crippen LogP contribution in [-0.4, -0.2) is 47.8 Å². The Hall–Kier alpha value is -1.88. The number of nitrogens with two attached hydrogens (primary N) is 1. The monoisotopic (exact) mass is 343 g/mol. The minimum Gasteiger partial charge on any atom is -0.370 e. The summed E-state index contributed by atoms with van der Waals surface area (Å²) in [6, 6.07) is 10.2. The molecule has 2 N–H and O–H groups in total. The standard InChI is InChI=1S/C20H29N3O2/c21-18(24)8-4-12-22-13-5-10-20(15-22)11-9-19(25)23(16-20)14-17-6-2-1-3-7-17/h1-3,6-7H,4-5,8-16H2,(H2,21,24)/t20-/m1/s1. The second-order valence-electron chi connectivity index (χ2n) is 7.68. The molecule has 2 heterocycles. The van der Waals surface area contributed by atoms with Crippen molar-refractivity contribution < 1.29 is 9.59 Å². The molecule has 0 aliphatic carbocycles. The van der Waals surface area contributed by atoms with Gasteiger partial charge in [0, 0.05) is 37.9 Å². The van der Waals surface area contributed by atoms with Crippen LogP contribution in [0.4, 0.5) is 0 Å². The van der Waals surface area contributed by atoms with E-state index in [0.717, 1.165) is 39.0 Å². The van der Waals surface area contributed by atoms with E-state index in [1.807, 2.05) is 23.1 Å². The van der Waals surface area contributed by atoms with Crippen LogP contribution in [-0.2, 0) is 16.1 Å². The normalized spacial score (nSPS) is 24.6. The number of nitrogens with zero attached hydrogens (tertiary/aromatic N) is 2. The molecule has 0 bridgehead atoms. The van der Waals surface area contributed by atoms with Crippen molar-refractivity contribution in [1.82, 2.24) is 9.80 Å². The molecule has 0 aromatic heterocycles. The van der Waals surface area contributed by atoms with Gasteiger partial charge in [-0.05, 0) is 44.3 Å². The van der Waals surface area contributed by atoms with Gasteiger partial charge in [0.15, 0.2) is 0 Å². The van der Waals surface area contributed by atoms with Crippen LogP contribution >= 0.6 is 0 Å². The van der Waals surface area contributed by atoms with Gasteiger partial charge >= 0.3 is 0 Å². The predicted molar refractivity (Wildman–Crippen MR) is 97.6 cm³/mol. The molecule has 2 saturated heterocycles. The third-order valence-corrected chi connectivity index (χ3v) is 5.60. The Labute approximate surface area is 150 Å². The molecule has 0 saturated carbocycles. The van der Waals surface area contributed by atoms with E-state index in [0.29, 0.717) is 19.4 Å². The van der Waals surface area contributed by atoms with E-state index in [-0.39, 0.29) is 17.2 Å². The number of amides is 2. The molecular formula is C20H29N3O2. The van der Waals surface area contributed by atoms with Crippen molar-refractivity contribution in [3.05, 3.63) is 35.9 Å². The molecule has 1 spiro atoms. The highest BCUT2D eigenvalue weighted by Gasteiger charge is 2.41. The summed E-state index contributed by atoms with van der Waals surface area (Å²) < 4.78 is 0. The number of benzene rings is 1. The molecule has 5 nitrogen and oxygen atoms in total. The van der Waals surface area contributed by atoms with Gasteiger partial charge in [-0.3, -0.25) is 9.59 Å². The summed E-state index contributed by atoms with van der Waals surface area (Å²) in [6.07, 6.45) is 5.30. The second kappa shape index (κ2) is 8.00. The quantitative estimate of drug-likeness (QED) is 0.861. The zero-order chi connectivity index (χ0) is 17.7. The number of hydrogen-bond acceptors (Lipinski definition) is 3. The van der Waals surface area contributed by atoms with Gasteiger partial charge in [-0.25, -0.2) is 0 Å². The highest BCUT2D eigenvalue weighted by Crippen LogP contribution is 2.39. The molecule has 25 heavy (non-hydrogen) atoms. The molecule has 3 rings (SSSR count). The molecule has 1 atom stereocenters. The highest BCUT2D eigenvalue weighted by molar-refractivity contribution is 5.77. The Balaban J connectivity index is 1.60. The minimum atomic E-state index is -0.218. The molecule has 2 aliphatic heterocycles. The topological polar surface area (TPSA) is 66.6 Å². The van der Waals surface area contributed by atoms with Crippen LogP contribution < -0.4 is 5.73 Å². The van der Waals surface area contributed by atoms with Gasteiger partial charge in [-0.2, -0.15) is 0 Å². The van der Waals surface area contributed by atoms with Gasteiger partial charge in [0.1, 0.15) is 0 Å². The fourth-order valence-corrected chi connectivity index (χ4v) is 4.36. The van der Waals surface area contributed by atoms with Crippen molar-refractivity contribution in [1.29, 1.82) is 0 Å². The van der Waals surface area contributed by atoms with Crippen LogP contribution in [0.25, 0.3) is 0 Å². The van der Waals surface area contributed by atoms with E-state index in [2.05, 4.69) is 17.0 Å². The third kappa shape index (κ3) is 4.82. The number of rotatable bonds is 6. The molecule has 1 aromatic carbocycles. The fraction of sp³-hybridized carbons (Fsp3) is 0.600. The molecule has 136 valence electrons. The van der Waals surface area contributed by atoms with Crippen LogP contribution in [0.3, 0.4) is 0 Å².